The highest BCUT2D eigenvalue weighted by molar-refractivity contribution is 5.69. The van der Waals surface area contributed by atoms with Crippen molar-refractivity contribution in [3.05, 3.63) is 59.3 Å². The van der Waals surface area contributed by atoms with E-state index in [-0.39, 0.29) is 0 Å². The van der Waals surface area contributed by atoms with Crippen molar-refractivity contribution in [3.63, 3.8) is 0 Å². The highest BCUT2D eigenvalue weighted by atomic mass is 15.1. The van der Waals surface area contributed by atoms with Gasteiger partial charge in [-0.25, -0.2) is 4.98 Å². The first-order valence-electron chi connectivity index (χ1n) is 6.03. The average molecular weight is 238 g/mol. The molecule has 2 heteroatoms. The van der Waals surface area contributed by atoms with Crippen molar-refractivity contribution in [1.82, 2.24) is 4.98 Å². The number of aromatic nitrogens is 1. The minimum Gasteiger partial charge on any atom is -0.363 e. The molecule has 0 unspecified atom stereocenters. The van der Waals surface area contributed by atoms with Crippen LogP contribution in [0.3, 0.4) is 0 Å². The summed E-state index contributed by atoms with van der Waals surface area (Å²) in [6.45, 7) is 2.09. The summed E-state index contributed by atoms with van der Waals surface area (Å²) >= 11 is 0. The van der Waals surface area contributed by atoms with Crippen LogP contribution < -0.4 is 4.90 Å². The van der Waals surface area contributed by atoms with Crippen LogP contribution in [0, 0.1) is 6.92 Å². The maximum absolute atomic E-state index is 4.38. The number of pyridine rings is 1. The molecule has 0 atom stereocenters. The predicted octanol–water partition coefficient (Wildman–Crippen LogP) is 3.63. The van der Waals surface area contributed by atoms with Gasteiger partial charge in [0.05, 0.1) is 0 Å². The molecule has 1 aromatic heterocycles. The topological polar surface area (TPSA) is 16.1 Å². The summed E-state index contributed by atoms with van der Waals surface area (Å²) in [4.78, 5) is 6.37. The van der Waals surface area contributed by atoms with E-state index < -0.39 is 0 Å². The lowest BCUT2D eigenvalue weighted by molar-refractivity contribution is 1.07. The van der Waals surface area contributed by atoms with Crippen molar-refractivity contribution in [2.75, 3.05) is 19.0 Å². The molecular weight excluding hydrogens is 220 g/mol. The molecule has 0 aliphatic carbocycles. The number of hydrogen-bond donors (Lipinski definition) is 0. The molecule has 2 rings (SSSR count). The molecule has 2 aromatic rings. The summed E-state index contributed by atoms with van der Waals surface area (Å²) in [5.41, 5.74) is 3.60. The summed E-state index contributed by atoms with van der Waals surface area (Å²) in [5, 5.41) is 0. The van der Waals surface area contributed by atoms with Crippen LogP contribution >= 0.6 is 0 Å². The number of benzene rings is 1. The molecule has 2 nitrogen and oxygen atoms in total. The van der Waals surface area contributed by atoms with Gasteiger partial charge in [0.25, 0.3) is 0 Å². The number of nitrogens with zero attached hydrogens (tertiary/aromatic N) is 2. The second-order valence-corrected chi connectivity index (χ2v) is 4.59. The zero-order valence-corrected chi connectivity index (χ0v) is 11.1. The molecule has 1 aromatic carbocycles. The Bertz CT molecular complexity index is 522. The number of aryl methyl sites for hydroxylation is 1. The Morgan fingerprint density at radius 2 is 1.50 bits per heavy atom. The van der Waals surface area contributed by atoms with Crippen molar-refractivity contribution in [3.8, 4) is 0 Å². The molecular formula is C16H18N2. The molecule has 0 aliphatic rings. The summed E-state index contributed by atoms with van der Waals surface area (Å²) < 4.78 is 0. The Balaban J connectivity index is 2.11. The largest absolute Gasteiger partial charge is 0.363 e. The smallest absolute Gasteiger partial charge is 0.127 e. The van der Waals surface area contributed by atoms with Crippen LogP contribution in [0.15, 0.2) is 42.6 Å². The Labute approximate surface area is 109 Å². The summed E-state index contributed by atoms with van der Waals surface area (Å²) in [6, 6.07) is 12.6. The quantitative estimate of drug-likeness (QED) is 0.811. The standard InChI is InChI=1S/C16H18N2/c1-13-4-6-14(7-5-13)8-9-15-10-11-16(17-12-15)18(2)3/h4-12H,1-3H3/b9-8+. The fourth-order valence-electron chi connectivity index (χ4n) is 1.63. The SMILES string of the molecule is Cc1ccc(/C=C/c2ccc(N(C)C)nc2)cc1. The normalized spacial score (nSPS) is 10.8. The van der Waals surface area contributed by atoms with Crippen LogP contribution in [0.5, 0.6) is 0 Å². The fourth-order valence-corrected chi connectivity index (χ4v) is 1.63. The molecule has 0 radical (unpaired) electrons. The molecule has 1 heterocycles. The van der Waals surface area contributed by atoms with Gasteiger partial charge in [-0.2, -0.15) is 0 Å². The van der Waals surface area contributed by atoms with E-state index in [1.54, 1.807) is 0 Å². The van der Waals surface area contributed by atoms with Crippen LogP contribution in [0.4, 0.5) is 5.82 Å². The second kappa shape index (κ2) is 5.50. The van der Waals surface area contributed by atoms with Crippen molar-refractivity contribution in [2.24, 2.45) is 0 Å². The van der Waals surface area contributed by atoms with Gasteiger partial charge < -0.3 is 4.90 Å². The van der Waals surface area contributed by atoms with Gasteiger partial charge in [0.1, 0.15) is 5.82 Å². The highest BCUT2D eigenvalue weighted by Gasteiger charge is 1.95. The first-order chi connectivity index (χ1) is 8.65. The lowest BCUT2D eigenvalue weighted by atomic mass is 10.1. The van der Waals surface area contributed by atoms with E-state index >= 15 is 0 Å². The van der Waals surface area contributed by atoms with Crippen LogP contribution in [0.25, 0.3) is 12.2 Å². The third-order valence-electron chi connectivity index (χ3n) is 2.77. The van der Waals surface area contributed by atoms with Gasteiger partial charge >= 0.3 is 0 Å². The van der Waals surface area contributed by atoms with Crippen LogP contribution in [-0.2, 0) is 0 Å². The molecule has 0 saturated carbocycles. The maximum Gasteiger partial charge on any atom is 0.127 e. The predicted molar refractivity (Wildman–Crippen MR) is 78.7 cm³/mol. The van der Waals surface area contributed by atoms with E-state index in [1.807, 2.05) is 31.3 Å². The average Bonchev–Trinajstić information content (AvgIpc) is 2.38. The van der Waals surface area contributed by atoms with E-state index in [1.165, 1.54) is 11.1 Å². The van der Waals surface area contributed by atoms with E-state index in [0.29, 0.717) is 0 Å². The number of anilines is 1. The van der Waals surface area contributed by atoms with Gasteiger partial charge in [0.15, 0.2) is 0 Å². The Kier molecular flexibility index (Phi) is 3.78. The minimum atomic E-state index is 0.975. The molecule has 92 valence electrons. The van der Waals surface area contributed by atoms with Crippen molar-refractivity contribution in [1.29, 1.82) is 0 Å². The summed E-state index contributed by atoms with van der Waals surface area (Å²) in [6.07, 6.45) is 6.07. The first kappa shape index (κ1) is 12.4. The van der Waals surface area contributed by atoms with Crippen LogP contribution in [0.2, 0.25) is 0 Å². The van der Waals surface area contributed by atoms with Gasteiger partial charge in [-0.05, 0) is 30.2 Å². The van der Waals surface area contributed by atoms with Crippen molar-refractivity contribution >= 4 is 18.0 Å². The zero-order valence-electron chi connectivity index (χ0n) is 11.1. The van der Waals surface area contributed by atoms with Gasteiger partial charge in [0, 0.05) is 20.3 Å². The molecule has 0 amide bonds. The van der Waals surface area contributed by atoms with E-state index in [9.17, 15) is 0 Å². The lowest BCUT2D eigenvalue weighted by Crippen LogP contribution is -2.09. The Morgan fingerprint density at radius 1 is 0.889 bits per heavy atom. The molecule has 0 aliphatic heterocycles. The maximum atomic E-state index is 4.38. The molecule has 0 bridgehead atoms. The Morgan fingerprint density at radius 3 is 2.06 bits per heavy atom. The molecule has 0 spiro atoms. The molecule has 0 saturated heterocycles. The van der Waals surface area contributed by atoms with Crippen molar-refractivity contribution in [2.45, 2.75) is 6.92 Å². The van der Waals surface area contributed by atoms with Crippen molar-refractivity contribution < 1.29 is 0 Å². The van der Waals surface area contributed by atoms with Gasteiger partial charge in [-0.3, -0.25) is 0 Å². The van der Waals surface area contributed by atoms with Crippen LogP contribution in [0.1, 0.15) is 16.7 Å². The third-order valence-corrected chi connectivity index (χ3v) is 2.77. The molecule has 18 heavy (non-hydrogen) atoms. The third kappa shape index (κ3) is 3.20. The van der Waals surface area contributed by atoms with Gasteiger partial charge in [-0.15, -0.1) is 0 Å². The highest BCUT2D eigenvalue weighted by Crippen LogP contribution is 2.11. The molecule has 0 N–H and O–H groups in total. The minimum absolute atomic E-state index is 0.975. The van der Waals surface area contributed by atoms with Gasteiger partial charge in [-0.1, -0.05) is 42.0 Å². The second-order valence-electron chi connectivity index (χ2n) is 4.59. The monoisotopic (exact) mass is 238 g/mol. The summed E-state index contributed by atoms with van der Waals surface area (Å²) in [7, 11) is 3.98. The van der Waals surface area contributed by atoms with Gasteiger partial charge in [0.2, 0.25) is 0 Å². The van der Waals surface area contributed by atoms with E-state index in [2.05, 4.69) is 54.4 Å². The zero-order chi connectivity index (χ0) is 13.0. The number of rotatable bonds is 3. The number of hydrogen-bond acceptors (Lipinski definition) is 2. The lowest BCUT2D eigenvalue weighted by Gasteiger charge is -2.10. The summed E-state index contributed by atoms with van der Waals surface area (Å²) in [5.74, 6) is 0.975. The Hall–Kier alpha value is -2.09. The fraction of sp³-hybridized carbons (Fsp3) is 0.188. The first-order valence-corrected chi connectivity index (χ1v) is 6.03. The van der Waals surface area contributed by atoms with E-state index in [0.717, 1.165) is 11.4 Å². The molecule has 0 fully saturated rings. The van der Waals surface area contributed by atoms with E-state index in [4.69, 9.17) is 0 Å². The van der Waals surface area contributed by atoms with Crippen LogP contribution in [-0.4, -0.2) is 19.1 Å².